The van der Waals surface area contributed by atoms with Crippen LogP contribution in [0.5, 0.6) is 0 Å². The van der Waals surface area contributed by atoms with Crippen LogP contribution in [0.2, 0.25) is 0 Å². The summed E-state index contributed by atoms with van der Waals surface area (Å²) in [7, 11) is 6.03. The van der Waals surface area contributed by atoms with Crippen molar-refractivity contribution in [3.8, 4) is 0 Å². The van der Waals surface area contributed by atoms with E-state index in [1.165, 1.54) is 32.0 Å². The van der Waals surface area contributed by atoms with Gasteiger partial charge in [-0.05, 0) is 6.08 Å². The molecule has 2 atom stereocenters. The van der Waals surface area contributed by atoms with Crippen LogP contribution in [0.15, 0.2) is 27.6 Å². The van der Waals surface area contributed by atoms with Crippen LogP contribution in [-0.4, -0.2) is 49.7 Å². The van der Waals surface area contributed by atoms with Crippen molar-refractivity contribution in [1.82, 2.24) is 9.13 Å². The molecule has 1 aliphatic heterocycles. The maximum Gasteiger partial charge on any atom is 0.330 e. The molecule has 0 bridgehead atoms. The van der Waals surface area contributed by atoms with E-state index < -0.39 is 23.5 Å². The van der Waals surface area contributed by atoms with Gasteiger partial charge < -0.3 is 28.3 Å². The van der Waals surface area contributed by atoms with Crippen molar-refractivity contribution in [1.29, 1.82) is 0 Å². The highest BCUT2D eigenvalue weighted by Gasteiger charge is 2.32. The molecule has 0 amide bonds. The molecule has 0 spiro atoms. The highest BCUT2D eigenvalue weighted by molar-refractivity contribution is 5.22. The second-order valence-electron chi connectivity index (χ2n) is 5.28. The fourth-order valence-corrected chi connectivity index (χ4v) is 2.36. The highest BCUT2D eigenvalue weighted by Crippen LogP contribution is 2.30. The molecule has 1 aliphatic rings. The van der Waals surface area contributed by atoms with Crippen LogP contribution in [0.1, 0.15) is 11.7 Å². The van der Waals surface area contributed by atoms with E-state index in [1.54, 1.807) is 13.1 Å². The normalized spacial score (nSPS) is 20.2. The number of methoxy groups -OCH3 is 2. The van der Waals surface area contributed by atoms with E-state index in [9.17, 15) is 9.59 Å². The van der Waals surface area contributed by atoms with Gasteiger partial charge >= 0.3 is 5.69 Å². The Kier molecular flexibility index (Phi) is 6.32. The van der Waals surface area contributed by atoms with Gasteiger partial charge in [0.05, 0.1) is 12.2 Å². The lowest BCUT2D eigenvalue weighted by molar-refractivity contribution is -0.0906. The first-order chi connectivity index (χ1) is 11.5. The Morgan fingerprint density at radius 1 is 1.17 bits per heavy atom. The van der Waals surface area contributed by atoms with Crippen LogP contribution < -0.4 is 11.2 Å². The lowest BCUT2D eigenvalue weighted by atomic mass is 10.2. The van der Waals surface area contributed by atoms with E-state index in [-0.39, 0.29) is 20.2 Å². The highest BCUT2D eigenvalue weighted by atomic mass is 16.7. The molecular formula is C15H22N2O7. The SMILES string of the molecule is COCOC[C@H]1O[C@@H](c2cn(C)c(=O)n(C)c2=O)C=C1OCOC. The zero-order valence-corrected chi connectivity index (χ0v) is 14.2. The summed E-state index contributed by atoms with van der Waals surface area (Å²) in [6.45, 7) is 0.365. The Hall–Kier alpha value is -1.94. The summed E-state index contributed by atoms with van der Waals surface area (Å²) in [4.78, 5) is 24.1. The third-order valence-corrected chi connectivity index (χ3v) is 3.54. The third-order valence-electron chi connectivity index (χ3n) is 3.54. The first-order valence-corrected chi connectivity index (χ1v) is 7.31. The molecule has 0 saturated carbocycles. The zero-order chi connectivity index (χ0) is 17.7. The van der Waals surface area contributed by atoms with Crippen LogP contribution in [-0.2, 0) is 37.8 Å². The summed E-state index contributed by atoms with van der Waals surface area (Å²) in [5.74, 6) is 0.508. The van der Waals surface area contributed by atoms with Crippen LogP contribution in [0.3, 0.4) is 0 Å². The van der Waals surface area contributed by atoms with Gasteiger partial charge in [0, 0.05) is 34.5 Å². The van der Waals surface area contributed by atoms with Crippen LogP contribution in [0.4, 0.5) is 0 Å². The third kappa shape index (κ3) is 3.93. The van der Waals surface area contributed by atoms with Crippen LogP contribution in [0.25, 0.3) is 0 Å². The predicted octanol–water partition coefficient (Wildman–Crippen LogP) is -0.351. The van der Waals surface area contributed by atoms with Gasteiger partial charge in [0.1, 0.15) is 24.8 Å². The van der Waals surface area contributed by atoms with Gasteiger partial charge in [0.15, 0.2) is 6.79 Å². The average Bonchev–Trinajstić information content (AvgIpc) is 2.97. The maximum absolute atomic E-state index is 12.3. The van der Waals surface area contributed by atoms with Crippen molar-refractivity contribution in [2.75, 3.05) is 34.4 Å². The Bertz CT molecular complexity index is 707. The van der Waals surface area contributed by atoms with Gasteiger partial charge in [0.2, 0.25) is 0 Å². The maximum atomic E-state index is 12.3. The number of rotatable bonds is 8. The standard InChI is InChI=1S/C15H22N2O7/c1-16-6-10(14(18)17(2)15(16)19)11-5-12(23-9-21-4)13(24-11)7-22-8-20-3/h5-6,11,13H,7-9H2,1-4H3/t11-,13-/m1/s1. The lowest BCUT2D eigenvalue weighted by Crippen LogP contribution is -2.39. The number of nitrogens with zero attached hydrogens (tertiary/aromatic N) is 2. The predicted molar refractivity (Wildman–Crippen MR) is 83.4 cm³/mol. The molecule has 0 unspecified atom stereocenters. The van der Waals surface area contributed by atoms with Crippen molar-refractivity contribution in [2.45, 2.75) is 12.2 Å². The van der Waals surface area contributed by atoms with Gasteiger partial charge in [-0.25, -0.2) is 4.79 Å². The van der Waals surface area contributed by atoms with Crippen molar-refractivity contribution in [3.05, 3.63) is 44.4 Å². The van der Waals surface area contributed by atoms with Gasteiger partial charge in [0.25, 0.3) is 5.56 Å². The van der Waals surface area contributed by atoms with Crippen LogP contribution in [0, 0.1) is 0 Å². The summed E-state index contributed by atoms with van der Waals surface area (Å²) in [6.07, 6.45) is 2.01. The van der Waals surface area contributed by atoms with Gasteiger partial charge in [-0.15, -0.1) is 0 Å². The topological polar surface area (TPSA) is 90.2 Å². The molecule has 2 heterocycles. The minimum Gasteiger partial charge on any atom is -0.469 e. The fraction of sp³-hybridized carbons (Fsp3) is 0.600. The molecule has 1 aromatic heterocycles. The van der Waals surface area contributed by atoms with Crippen molar-refractivity contribution >= 4 is 0 Å². The monoisotopic (exact) mass is 342 g/mol. The average molecular weight is 342 g/mol. The van der Waals surface area contributed by atoms with E-state index in [0.717, 1.165) is 4.57 Å². The molecule has 134 valence electrons. The van der Waals surface area contributed by atoms with Gasteiger partial charge in [-0.2, -0.15) is 0 Å². The molecule has 0 aromatic carbocycles. The number of ether oxygens (including phenoxy) is 5. The van der Waals surface area contributed by atoms with E-state index in [0.29, 0.717) is 11.3 Å². The molecule has 0 radical (unpaired) electrons. The molecule has 0 fully saturated rings. The van der Waals surface area contributed by atoms with E-state index in [1.807, 2.05) is 0 Å². The van der Waals surface area contributed by atoms with Gasteiger partial charge in [-0.1, -0.05) is 0 Å². The van der Waals surface area contributed by atoms with Crippen molar-refractivity contribution in [2.24, 2.45) is 14.1 Å². The fourth-order valence-electron chi connectivity index (χ4n) is 2.36. The Morgan fingerprint density at radius 2 is 1.88 bits per heavy atom. The number of aromatic nitrogens is 2. The first kappa shape index (κ1) is 18.4. The second kappa shape index (κ2) is 8.25. The summed E-state index contributed by atoms with van der Waals surface area (Å²) < 4.78 is 28.8. The second-order valence-corrected chi connectivity index (χ2v) is 5.28. The van der Waals surface area contributed by atoms with Crippen molar-refractivity contribution in [3.63, 3.8) is 0 Å². The Balaban J connectivity index is 2.26. The number of aryl methyl sites for hydroxylation is 1. The molecule has 0 saturated heterocycles. The van der Waals surface area contributed by atoms with E-state index in [2.05, 4.69) is 0 Å². The Labute approximate surface area is 139 Å². The van der Waals surface area contributed by atoms with E-state index in [4.69, 9.17) is 23.7 Å². The molecular weight excluding hydrogens is 320 g/mol. The molecule has 2 rings (SSSR count). The first-order valence-electron chi connectivity index (χ1n) is 7.31. The summed E-state index contributed by atoms with van der Waals surface area (Å²) >= 11 is 0. The number of hydrogen-bond acceptors (Lipinski definition) is 7. The molecule has 0 N–H and O–H groups in total. The quantitative estimate of drug-likeness (QED) is 0.471. The van der Waals surface area contributed by atoms with Gasteiger partial charge in [-0.3, -0.25) is 9.36 Å². The minimum absolute atomic E-state index is 0.0496. The number of hydrogen-bond donors (Lipinski definition) is 0. The Morgan fingerprint density at radius 3 is 2.54 bits per heavy atom. The molecule has 0 aliphatic carbocycles. The largest absolute Gasteiger partial charge is 0.469 e. The van der Waals surface area contributed by atoms with Crippen molar-refractivity contribution < 1.29 is 23.7 Å². The minimum atomic E-state index is -0.640. The smallest absolute Gasteiger partial charge is 0.330 e. The zero-order valence-electron chi connectivity index (χ0n) is 14.2. The molecule has 1 aromatic rings. The summed E-state index contributed by atoms with van der Waals surface area (Å²) in [5, 5.41) is 0. The molecule has 9 nitrogen and oxygen atoms in total. The lowest BCUT2D eigenvalue weighted by Gasteiger charge is -2.17. The summed E-state index contributed by atoms with van der Waals surface area (Å²) in [6, 6.07) is 0. The molecule has 9 heteroatoms. The summed E-state index contributed by atoms with van der Waals surface area (Å²) in [5.41, 5.74) is -0.474. The van der Waals surface area contributed by atoms with E-state index >= 15 is 0 Å². The van der Waals surface area contributed by atoms with Crippen LogP contribution >= 0.6 is 0 Å². The molecule has 24 heavy (non-hydrogen) atoms.